The fourth-order valence-corrected chi connectivity index (χ4v) is 5.83. The first-order valence-electron chi connectivity index (χ1n) is 15.3. The highest BCUT2D eigenvalue weighted by atomic mass is 16.4. The highest BCUT2D eigenvalue weighted by Gasteiger charge is 2.32. The number of aliphatic carboxylic acids is 3. The van der Waals surface area contributed by atoms with Gasteiger partial charge in [0.25, 0.3) is 0 Å². The third-order valence-corrected chi connectivity index (χ3v) is 6.84. The van der Waals surface area contributed by atoms with Crippen molar-refractivity contribution in [2.75, 3.05) is 52.4 Å². The lowest BCUT2D eigenvalue weighted by atomic mass is 9.96. The zero-order chi connectivity index (χ0) is 31.0. The molecule has 0 aliphatic heterocycles. The lowest BCUT2D eigenvalue weighted by Crippen LogP contribution is -2.52. The fraction of sp³-hybridized carbons (Fsp3) is 0.900. The second-order valence-corrected chi connectivity index (χ2v) is 10.9. The molecule has 39 heavy (non-hydrogen) atoms. The summed E-state index contributed by atoms with van der Waals surface area (Å²) in [5.41, 5.74) is -2.91. The predicted octanol–water partition coefficient (Wildman–Crippen LogP) is 2.97. The molecule has 0 heterocycles. The second kappa shape index (κ2) is 24.1. The van der Waals surface area contributed by atoms with Gasteiger partial charge >= 0.3 is 5.97 Å². The summed E-state index contributed by atoms with van der Waals surface area (Å²) in [4.78, 5) is 30.2. The van der Waals surface area contributed by atoms with Crippen LogP contribution < -0.4 is 10.2 Å². The highest BCUT2D eigenvalue weighted by molar-refractivity contribution is 5.86. The third kappa shape index (κ3) is 19.9. The average molecular weight is 563 g/mol. The Balaban J connectivity index is -0.000000498. The van der Waals surface area contributed by atoms with Gasteiger partial charge in [-0.1, -0.05) is 55.4 Å². The smallest absolute Gasteiger partial charge is 0.306 e. The van der Waals surface area contributed by atoms with Crippen molar-refractivity contribution in [1.82, 2.24) is 0 Å². The number of quaternary nitrogens is 2. The molecule has 0 rings (SSSR count). The van der Waals surface area contributed by atoms with E-state index < -0.39 is 36.4 Å². The van der Waals surface area contributed by atoms with Crippen LogP contribution in [0.5, 0.6) is 0 Å². The number of carbonyl (C=O) groups is 3. The Morgan fingerprint density at radius 2 is 0.769 bits per heavy atom. The number of carboxylic acids is 3. The molecular weight excluding hydrogens is 500 g/mol. The molecule has 2 N–H and O–H groups in total. The average Bonchev–Trinajstić information content (AvgIpc) is 2.80. The molecule has 0 saturated heterocycles. The summed E-state index contributed by atoms with van der Waals surface area (Å²) >= 11 is 0. The van der Waals surface area contributed by atoms with Crippen LogP contribution in [0.15, 0.2) is 0 Å². The quantitative estimate of drug-likeness (QED) is 0.205. The molecule has 0 spiro atoms. The molecule has 0 aromatic heterocycles. The number of carboxylic acid groups (broad SMARTS) is 3. The van der Waals surface area contributed by atoms with Crippen molar-refractivity contribution in [2.45, 2.75) is 125 Å². The minimum absolute atomic E-state index is 1.25. The molecule has 0 aliphatic rings. The largest absolute Gasteiger partial charge is 0.550 e. The van der Waals surface area contributed by atoms with Gasteiger partial charge in [0.1, 0.15) is 5.60 Å². The standard InChI is InChI=1S/2C12H28N.C6H8O7/c2*1-5-9-13(10-6-2,11-7-3)12-8-4;7-3(8)1-6(13,5(11)12)2-4(9)10/h2*5-12H2,1-4H3;13H,1-2H2,(H,7,8)(H,9,10)(H,11,12)/q2*+1;/p-2. The minimum atomic E-state index is -2.91. The molecule has 234 valence electrons. The zero-order valence-corrected chi connectivity index (χ0v) is 26.6. The molecule has 1 unspecified atom stereocenters. The van der Waals surface area contributed by atoms with Crippen molar-refractivity contribution >= 4 is 17.9 Å². The SMILES string of the molecule is CCC[N+](CCC)(CCC)CCC.CCC[N+](CCC)(CCC)CCC.O=C([O-])CC(O)(CC(=O)O)C(=O)[O-]. The summed E-state index contributed by atoms with van der Waals surface area (Å²) in [5.74, 6) is -5.67. The maximum absolute atomic E-state index is 10.2. The van der Waals surface area contributed by atoms with E-state index in [1.807, 2.05) is 0 Å². The number of hydrogen-bond acceptors (Lipinski definition) is 6. The van der Waals surface area contributed by atoms with Crippen LogP contribution in [0.25, 0.3) is 0 Å². The Hall–Kier alpha value is -1.71. The molecule has 0 aromatic carbocycles. The van der Waals surface area contributed by atoms with Crippen molar-refractivity contribution in [3.63, 3.8) is 0 Å². The third-order valence-electron chi connectivity index (χ3n) is 6.84. The summed E-state index contributed by atoms with van der Waals surface area (Å²) < 4.78 is 2.75. The van der Waals surface area contributed by atoms with Gasteiger partial charge in [0.05, 0.1) is 64.7 Å². The van der Waals surface area contributed by atoms with Crippen LogP contribution in [0.1, 0.15) is 120 Å². The zero-order valence-electron chi connectivity index (χ0n) is 26.6. The fourth-order valence-electron chi connectivity index (χ4n) is 5.83. The van der Waals surface area contributed by atoms with Crippen molar-refractivity contribution < 1.29 is 43.8 Å². The van der Waals surface area contributed by atoms with Gasteiger partial charge in [0.2, 0.25) is 0 Å². The molecule has 0 bridgehead atoms. The van der Waals surface area contributed by atoms with Gasteiger partial charge in [0, 0.05) is 12.4 Å². The number of rotatable bonds is 21. The van der Waals surface area contributed by atoms with Gasteiger partial charge < -0.3 is 39.0 Å². The summed E-state index contributed by atoms with van der Waals surface area (Å²) in [7, 11) is 0. The van der Waals surface area contributed by atoms with E-state index in [0.29, 0.717) is 0 Å². The molecule has 0 fully saturated rings. The maximum Gasteiger partial charge on any atom is 0.306 e. The highest BCUT2D eigenvalue weighted by Crippen LogP contribution is 2.15. The van der Waals surface area contributed by atoms with Crippen molar-refractivity contribution in [3.05, 3.63) is 0 Å². The number of hydrogen-bond donors (Lipinski definition) is 2. The van der Waals surface area contributed by atoms with E-state index in [9.17, 15) is 24.6 Å². The first-order chi connectivity index (χ1) is 18.3. The van der Waals surface area contributed by atoms with E-state index in [1.54, 1.807) is 0 Å². The van der Waals surface area contributed by atoms with E-state index in [0.717, 1.165) is 0 Å². The lowest BCUT2D eigenvalue weighted by Gasteiger charge is -2.38. The second-order valence-electron chi connectivity index (χ2n) is 10.9. The first kappa shape index (κ1) is 41.8. The Morgan fingerprint density at radius 1 is 0.538 bits per heavy atom. The van der Waals surface area contributed by atoms with E-state index >= 15 is 0 Å². The molecule has 9 heteroatoms. The Bertz CT molecular complexity index is 538. The van der Waals surface area contributed by atoms with Crippen LogP contribution in [0.4, 0.5) is 0 Å². The summed E-state index contributed by atoms with van der Waals surface area (Å²) in [6.45, 7) is 29.6. The number of nitrogens with zero attached hydrogens (tertiary/aromatic N) is 2. The van der Waals surface area contributed by atoms with E-state index in [2.05, 4.69) is 55.4 Å². The van der Waals surface area contributed by atoms with Crippen molar-refractivity contribution in [3.8, 4) is 0 Å². The van der Waals surface area contributed by atoms with E-state index in [-0.39, 0.29) is 0 Å². The Kier molecular flexibility index (Phi) is 25.8. The van der Waals surface area contributed by atoms with Crippen LogP contribution in [0.3, 0.4) is 0 Å². The van der Waals surface area contributed by atoms with Gasteiger partial charge in [-0.15, -0.1) is 0 Å². The van der Waals surface area contributed by atoms with E-state index in [1.165, 1.54) is 113 Å². The molecule has 9 nitrogen and oxygen atoms in total. The predicted molar refractivity (Wildman–Crippen MR) is 154 cm³/mol. The molecule has 0 radical (unpaired) electrons. The first-order valence-corrected chi connectivity index (χ1v) is 15.3. The van der Waals surface area contributed by atoms with Crippen LogP contribution in [0.2, 0.25) is 0 Å². The van der Waals surface area contributed by atoms with Crippen molar-refractivity contribution in [2.24, 2.45) is 0 Å². The molecular formula is C30H62N2O7. The van der Waals surface area contributed by atoms with Gasteiger partial charge in [-0.3, -0.25) is 4.79 Å². The Labute approximate surface area is 239 Å². The number of carbonyl (C=O) groups excluding carboxylic acids is 2. The van der Waals surface area contributed by atoms with Crippen LogP contribution in [-0.4, -0.2) is 95.0 Å². The van der Waals surface area contributed by atoms with Crippen LogP contribution in [-0.2, 0) is 14.4 Å². The molecule has 0 aliphatic carbocycles. The summed E-state index contributed by atoms with van der Waals surface area (Å²) in [5, 5.41) is 37.2. The molecule has 1 atom stereocenters. The van der Waals surface area contributed by atoms with Gasteiger partial charge in [-0.05, 0) is 51.4 Å². The lowest BCUT2D eigenvalue weighted by molar-refractivity contribution is -0.928. The van der Waals surface area contributed by atoms with Crippen LogP contribution >= 0.6 is 0 Å². The number of aliphatic hydroxyl groups is 1. The van der Waals surface area contributed by atoms with Crippen molar-refractivity contribution in [1.29, 1.82) is 0 Å². The summed E-state index contributed by atoms with van der Waals surface area (Å²) in [6, 6.07) is 0. The maximum atomic E-state index is 10.2. The molecule has 0 aromatic rings. The minimum Gasteiger partial charge on any atom is -0.550 e. The topological polar surface area (TPSA) is 138 Å². The molecule has 0 saturated carbocycles. The van der Waals surface area contributed by atoms with Crippen LogP contribution in [0, 0.1) is 0 Å². The monoisotopic (exact) mass is 562 g/mol. The van der Waals surface area contributed by atoms with Gasteiger partial charge in [0.15, 0.2) is 0 Å². The summed E-state index contributed by atoms with van der Waals surface area (Å²) in [6.07, 6.45) is 8.10. The normalized spacial score (nSPS) is 12.8. The Morgan fingerprint density at radius 3 is 0.897 bits per heavy atom. The van der Waals surface area contributed by atoms with E-state index in [4.69, 9.17) is 10.2 Å². The van der Waals surface area contributed by atoms with Gasteiger partial charge in [-0.25, -0.2) is 0 Å². The molecule has 0 amide bonds. The van der Waals surface area contributed by atoms with Gasteiger partial charge in [-0.2, -0.15) is 0 Å².